The topological polar surface area (TPSA) is 134 Å². The lowest BCUT2D eigenvalue weighted by molar-refractivity contribution is 0.0800. The number of hydrogen-bond donors (Lipinski definition) is 2. The van der Waals surface area contributed by atoms with Crippen LogP contribution in [0.1, 0.15) is 93.1 Å². The molecule has 6 heterocycles. The van der Waals surface area contributed by atoms with Crippen LogP contribution >= 0.6 is 46.6 Å². The molecule has 2 saturated heterocycles. The number of nitrogens with one attached hydrogen (secondary N) is 2. The Bertz CT molecular complexity index is 3270. The molecule has 0 spiro atoms. The molecule has 4 aliphatic heterocycles. The van der Waals surface area contributed by atoms with E-state index in [0.717, 1.165) is 72.9 Å². The third-order valence-electron chi connectivity index (χ3n) is 14.9. The van der Waals surface area contributed by atoms with E-state index in [1.54, 1.807) is 60.3 Å². The van der Waals surface area contributed by atoms with Crippen molar-refractivity contribution in [3.8, 4) is 11.4 Å². The average Bonchev–Trinajstić information content (AvgIpc) is 4.22. The molecule has 73 heavy (non-hydrogen) atoms. The number of hydrazine groups is 2. The van der Waals surface area contributed by atoms with Crippen LogP contribution in [0.3, 0.4) is 0 Å². The number of rotatable bonds is 8. The van der Waals surface area contributed by atoms with Gasteiger partial charge in [0.25, 0.3) is 11.8 Å². The molecular weight excluding hydrogens is 1030 g/mol. The van der Waals surface area contributed by atoms with Gasteiger partial charge in [-0.05, 0) is 151 Å². The second-order valence-electron chi connectivity index (χ2n) is 19.8. The van der Waals surface area contributed by atoms with Crippen molar-refractivity contribution < 1.29 is 26.8 Å². The van der Waals surface area contributed by atoms with Crippen molar-refractivity contribution in [1.82, 2.24) is 40.4 Å². The fourth-order valence-corrected chi connectivity index (χ4v) is 14.6. The minimum Gasteiger partial charge on any atom is -0.283 e. The Morgan fingerprint density at radius 3 is 1.64 bits per heavy atom. The highest BCUT2D eigenvalue weighted by atomic mass is 35.5. The van der Waals surface area contributed by atoms with Gasteiger partial charge in [0.15, 0.2) is 21.2 Å². The molecule has 2 N–H and O–H groups in total. The first-order valence-corrected chi connectivity index (χ1v) is 28.6. The Morgan fingerprint density at radius 2 is 1.10 bits per heavy atom. The van der Waals surface area contributed by atoms with Gasteiger partial charge in [0.05, 0.1) is 39.3 Å². The van der Waals surface area contributed by atoms with Crippen LogP contribution in [0.4, 0.5) is 8.78 Å². The number of sulfone groups is 1. The standard InChI is InChI=1S/C27H25Cl2FN4O3S.C27H26ClFN4OS/c28-20-6-9-24(23(29)11-20)34-26-19(10-16-4-7-21(30)8-5-16)14-38(36,37)15-22(26)25(31-34)27(35)32-33-12-17-2-1-3-18(17)13-33;28-21-6-10-23(11-7-21)33-26-20(12-17-4-8-22(29)9-5-17)15-35-16-24(26)25(30-33)27(34)31-32-13-18-2-1-3-19(18)14-32/h4-11,17-18H,1-3,12-15H2,(H,32,35);4-12,18-19H,1-3,13-16H2,(H,31,34)/b19-10+;20-12+. The smallest absolute Gasteiger partial charge is 0.283 e. The lowest BCUT2D eigenvalue weighted by Crippen LogP contribution is -2.41. The number of nitrogens with zero attached hydrogens (tertiary/aromatic N) is 6. The van der Waals surface area contributed by atoms with Gasteiger partial charge in [-0.15, -0.1) is 0 Å². The summed E-state index contributed by atoms with van der Waals surface area (Å²) in [6.07, 6.45) is 11.1. The molecule has 12 nitrogen and oxygen atoms in total. The fraction of sp³-hybridized carbons (Fsp3) is 0.333. The van der Waals surface area contributed by atoms with Crippen molar-refractivity contribution in [2.75, 3.05) is 37.7 Å². The summed E-state index contributed by atoms with van der Waals surface area (Å²) in [5, 5.41) is 14.8. The number of hydrogen-bond acceptors (Lipinski definition) is 9. The number of benzene rings is 4. The van der Waals surface area contributed by atoms with Gasteiger partial charge in [-0.1, -0.05) is 71.9 Å². The SMILES string of the molecule is O=C(NN1CC2CCCC2C1)c1nn(-c2ccc(Cl)cc2)c2c1CSC/C2=C\c1ccc(F)cc1.O=C(NN1CC2CCCC2C1)c1nn(-c2ccc(Cl)cc2Cl)c2c1CS(=O)(=O)C/C2=C\c1ccc(F)cc1. The highest BCUT2D eigenvalue weighted by Gasteiger charge is 2.40. The fourth-order valence-electron chi connectivity index (χ4n) is 11.5. The lowest BCUT2D eigenvalue weighted by Gasteiger charge is -2.20. The Balaban J connectivity index is 0.000000158. The van der Waals surface area contributed by atoms with Crippen LogP contribution in [0.15, 0.2) is 91.0 Å². The van der Waals surface area contributed by atoms with Gasteiger partial charge in [0, 0.05) is 58.9 Å². The summed E-state index contributed by atoms with van der Waals surface area (Å²) < 4.78 is 56.5. The van der Waals surface area contributed by atoms with Crippen LogP contribution in [0.5, 0.6) is 0 Å². The zero-order valence-electron chi connectivity index (χ0n) is 39.5. The van der Waals surface area contributed by atoms with Crippen molar-refractivity contribution in [1.29, 1.82) is 0 Å². The second kappa shape index (κ2) is 20.8. The Kier molecular flexibility index (Phi) is 14.2. The van der Waals surface area contributed by atoms with E-state index in [4.69, 9.17) is 39.9 Å². The minimum absolute atomic E-state index is 0.0383. The summed E-state index contributed by atoms with van der Waals surface area (Å²) in [5.74, 6) is 2.15. The highest BCUT2D eigenvalue weighted by Crippen LogP contribution is 2.41. The first kappa shape index (κ1) is 49.9. The maximum atomic E-state index is 13.6. The molecule has 6 aromatic rings. The maximum absolute atomic E-state index is 13.6. The van der Waals surface area contributed by atoms with Crippen LogP contribution in [0, 0.1) is 35.3 Å². The third kappa shape index (κ3) is 10.7. The van der Waals surface area contributed by atoms with Crippen LogP contribution < -0.4 is 10.9 Å². The lowest BCUT2D eigenvalue weighted by atomic mass is 10.0. The molecule has 0 radical (unpaired) electrons. The van der Waals surface area contributed by atoms with Crippen molar-refractivity contribution in [2.24, 2.45) is 23.7 Å². The first-order valence-electron chi connectivity index (χ1n) is 24.5. The van der Waals surface area contributed by atoms with Gasteiger partial charge in [-0.3, -0.25) is 20.4 Å². The molecule has 4 atom stereocenters. The van der Waals surface area contributed by atoms with Crippen molar-refractivity contribution in [3.05, 3.63) is 163 Å². The number of thioether (sulfide) groups is 1. The zero-order valence-corrected chi connectivity index (χ0v) is 43.4. The van der Waals surface area contributed by atoms with Crippen LogP contribution in [0.2, 0.25) is 15.1 Å². The van der Waals surface area contributed by atoms with E-state index in [0.29, 0.717) is 78.3 Å². The van der Waals surface area contributed by atoms with Crippen LogP contribution in [-0.4, -0.2) is 87.5 Å². The molecule has 2 amide bonds. The van der Waals surface area contributed by atoms with Crippen molar-refractivity contribution >= 4 is 91.5 Å². The largest absolute Gasteiger partial charge is 0.286 e. The quantitative estimate of drug-likeness (QED) is 0.153. The molecule has 12 rings (SSSR count). The summed E-state index contributed by atoms with van der Waals surface area (Å²) in [7, 11) is -3.60. The monoisotopic (exact) mass is 1080 g/mol. The van der Waals surface area contributed by atoms with Crippen molar-refractivity contribution in [2.45, 2.75) is 50.0 Å². The summed E-state index contributed by atoms with van der Waals surface area (Å²) in [6.45, 7) is 3.38. The Hall–Kier alpha value is -5.33. The predicted octanol–water partition coefficient (Wildman–Crippen LogP) is 11.0. The summed E-state index contributed by atoms with van der Waals surface area (Å²) in [4.78, 5) is 27.0. The molecule has 2 saturated carbocycles. The molecule has 4 aromatic carbocycles. The van der Waals surface area contributed by atoms with Crippen LogP contribution in [-0.2, 0) is 21.3 Å². The number of halogens is 5. The highest BCUT2D eigenvalue weighted by molar-refractivity contribution is 7.99. The van der Waals surface area contributed by atoms with E-state index in [9.17, 15) is 26.8 Å². The van der Waals surface area contributed by atoms with Crippen molar-refractivity contribution in [3.63, 3.8) is 0 Å². The molecule has 2 aromatic heterocycles. The molecule has 378 valence electrons. The molecule has 4 fully saturated rings. The molecule has 4 unspecified atom stereocenters. The van der Waals surface area contributed by atoms with Gasteiger partial charge in [0.2, 0.25) is 0 Å². The van der Waals surface area contributed by atoms with E-state index < -0.39 is 21.6 Å². The Morgan fingerprint density at radius 1 is 0.603 bits per heavy atom. The van der Waals surface area contributed by atoms with Crippen LogP contribution in [0.25, 0.3) is 34.7 Å². The van der Waals surface area contributed by atoms with E-state index in [2.05, 4.69) is 27.0 Å². The van der Waals surface area contributed by atoms with E-state index in [1.807, 2.05) is 34.0 Å². The second-order valence-corrected chi connectivity index (χ2v) is 24.1. The minimum atomic E-state index is -3.60. The Labute approximate surface area is 441 Å². The van der Waals surface area contributed by atoms with Gasteiger partial charge in [0.1, 0.15) is 11.6 Å². The average molecular weight is 1080 g/mol. The molecular formula is C54H51Cl3F2N8O4S2. The van der Waals surface area contributed by atoms with Gasteiger partial charge >= 0.3 is 0 Å². The number of carbonyl (C=O) groups is 2. The van der Waals surface area contributed by atoms with Gasteiger partial charge < -0.3 is 0 Å². The zero-order chi connectivity index (χ0) is 50.5. The predicted molar refractivity (Wildman–Crippen MR) is 284 cm³/mol. The normalized spacial score (nSPS) is 23.1. The first-order chi connectivity index (χ1) is 35.2. The number of amides is 2. The van der Waals surface area contributed by atoms with E-state index in [-0.39, 0.29) is 28.9 Å². The van der Waals surface area contributed by atoms with Gasteiger partial charge in [-0.25, -0.2) is 36.6 Å². The molecule has 6 aliphatic rings. The molecule has 0 bridgehead atoms. The molecule has 19 heteroatoms. The number of fused-ring (bicyclic) bond motifs is 4. The summed E-state index contributed by atoms with van der Waals surface area (Å²) in [5.41, 5.74) is 13.6. The number of aromatic nitrogens is 4. The molecule has 2 aliphatic carbocycles. The van der Waals surface area contributed by atoms with E-state index in [1.165, 1.54) is 54.6 Å². The van der Waals surface area contributed by atoms with E-state index >= 15 is 0 Å². The summed E-state index contributed by atoms with van der Waals surface area (Å²) in [6, 6.07) is 24.6. The van der Waals surface area contributed by atoms with Gasteiger partial charge in [-0.2, -0.15) is 22.0 Å². The maximum Gasteiger partial charge on any atom is 0.286 e. The number of carbonyl (C=O) groups excluding carboxylic acids is 2. The third-order valence-corrected chi connectivity index (χ3v) is 18.1. The summed E-state index contributed by atoms with van der Waals surface area (Å²) >= 11 is 20.5.